The number of nitrogens with zero attached hydrogens (tertiary/aromatic N) is 1. The van der Waals surface area contributed by atoms with Gasteiger partial charge in [-0.3, -0.25) is 10.1 Å². The Morgan fingerprint density at radius 3 is 2.61 bits per heavy atom. The van der Waals surface area contributed by atoms with Gasteiger partial charge >= 0.3 is 0 Å². The largest absolute Gasteiger partial charge is 0.482 e. The first kappa shape index (κ1) is 23.1. The summed E-state index contributed by atoms with van der Waals surface area (Å²) in [7, 11) is -3.42. The van der Waals surface area contributed by atoms with Crippen LogP contribution in [0.15, 0.2) is 47.4 Å². The topological polar surface area (TPSA) is 94.6 Å². The highest BCUT2D eigenvalue weighted by Crippen LogP contribution is 2.34. The number of ether oxygens (including phenoxy) is 2. The van der Waals surface area contributed by atoms with Crippen molar-refractivity contribution in [3.63, 3.8) is 0 Å². The molecular formula is C22H19F2N2O5S2. The number of thiazole rings is 1. The van der Waals surface area contributed by atoms with Gasteiger partial charge in [0, 0.05) is 11.6 Å². The Kier molecular flexibility index (Phi) is 6.61. The molecule has 0 saturated heterocycles. The first-order chi connectivity index (χ1) is 15.8. The van der Waals surface area contributed by atoms with E-state index in [0.29, 0.717) is 30.6 Å². The van der Waals surface area contributed by atoms with Gasteiger partial charge in [0.1, 0.15) is 12.0 Å². The number of rotatable bonds is 9. The molecule has 1 unspecified atom stereocenters. The summed E-state index contributed by atoms with van der Waals surface area (Å²) in [6.45, 7) is 2.19. The second-order valence-electron chi connectivity index (χ2n) is 7.23. The molecule has 1 fully saturated rings. The quantitative estimate of drug-likeness (QED) is 0.477. The van der Waals surface area contributed by atoms with Gasteiger partial charge in [0.2, 0.25) is 11.2 Å². The van der Waals surface area contributed by atoms with Crippen LogP contribution >= 0.6 is 11.3 Å². The van der Waals surface area contributed by atoms with Crippen molar-refractivity contribution in [2.24, 2.45) is 0 Å². The zero-order valence-electron chi connectivity index (χ0n) is 17.4. The van der Waals surface area contributed by atoms with Crippen LogP contribution < -0.4 is 14.8 Å². The summed E-state index contributed by atoms with van der Waals surface area (Å²) in [5.41, 5.74) is 0.275. The lowest BCUT2D eigenvalue weighted by Crippen LogP contribution is -2.26. The van der Waals surface area contributed by atoms with Gasteiger partial charge in [0.05, 0.1) is 16.8 Å². The van der Waals surface area contributed by atoms with Gasteiger partial charge in [-0.25, -0.2) is 22.2 Å². The van der Waals surface area contributed by atoms with E-state index < -0.39 is 33.5 Å². The Balaban J connectivity index is 1.62. The van der Waals surface area contributed by atoms with Crippen LogP contribution in [-0.2, 0) is 14.6 Å². The minimum absolute atomic E-state index is 0.136. The van der Waals surface area contributed by atoms with Crippen molar-refractivity contribution in [1.82, 2.24) is 4.98 Å². The van der Waals surface area contributed by atoms with Gasteiger partial charge < -0.3 is 9.47 Å². The van der Waals surface area contributed by atoms with Crippen molar-refractivity contribution in [2.45, 2.75) is 36.0 Å². The van der Waals surface area contributed by atoms with Gasteiger partial charge in [0.15, 0.2) is 26.5 Å². The molecule has 1 amide bonds. The third kappa shape index (κ3) is 5.31. The van der Waals surface area contributed by atoms with Gasteiger partial charge in [-0.1, -0.05) is 23.5 Å². The molecule has 1 heterocycles. The average molecular weight is 494 g/mol. The average Bonchev–Trinajstić information content (AvgIpc) is 3.56. The van der Waals surface area contributed by atoms with Gasteiger partial charge in [-0.15, -0.1) is 0 Å². The molecule has 1 aliphatic carbocycles. The number of carbonyl (C=O) groups excluding carboxylic acids is 1. The van der Waals surface area contributed by atoms with Gasteiger partial charge in [-0.05, 0) is 44.0 Å². The predicted molar refractivity (Wildman–Crippen MR) is 117 cm³/mol. The summed E-state index contributed by atoms with van der Waals surface area (Å²) in [4.78, 5) is 17.1. The molecule has 1 radical (unpaired) electrons. The van der Waals surface area contributed by atoms with Crippen LogP contribution in [0.25, 0.3) is 0 Å². The monoisotopic (exact) mass is 493 g/mol. The van der Waals surface area contributed by atoms with Crippen LogP contribution in [0.2, 0.25) is 0 Å². The summed E-state index contributed by atoms with van der Waals surface area (Å²) < 4.78 is 63.3. The van der Waals surface area contributed by atoms with Crippen molar-refractivity contribution < 1.29 is 31.5 Å². The number of aromatic nitrogens is 1. The molecule has 0 spiro atoms. The fraction of sp³-hybridized carbons (Fsp3) is 0.273. The second-order valence-corrected chi connectivity index (χ2v) is 10.4. The zero-order chi connectivity index (χ0) is 23.6. The summed E-state index contributed by atoms with van der Waals surface area (Å²) in [6.07, 6.45) is 2.49. The van der Waals surface area contributed by atoms with Crippen LogP contribution in [0.3, 0.4) is 0 Å². The fourth-order valence-corrected chi connectivity index (χ4v) is 5.36. The lowest BCUT2D eigenvalue weighted by molar-refractivity contribution is -0.123. The highest BCUT2D eigenvalue weighted by atomic mass is 32.2. The molecule has 0 aliphatic heterocycles. The van der Waals surface area contributed by atoms with Crippen LogP contribution in [0.1, 0.15) is 31.4 Å². The number of benzene rings is 2. The number of sulfone groups is 1. The Morgan fingerprint density at radius 1 is 1.24 bits per heavy atom. The van der Waals surface area contributed by atoms with Crippen LogP contribution in [0, 0.1) is 17.8 Å². The van der Waals surface area contributed by atoms with Gasteiger partial charge in [0.25, 0.3) is 5.91 Å². The van der Waals surface area contributed by atoms with E-state index in [1.54, 1.807) is 6.92 Å². The minimum Gasteiger partial charge on any atom is -0.482 e. The van der Waals surface area contributed by atoms with E-state index in [2.05, 4.69) is 16.5 Å². The lowest BCUT2D eigenvalue weighted by Gasteiger charge is -2.19. The Morgan fingerprint density at radius 2 is 1.97 bits per heavy atom. The molecule has 3 aromatic rings. The maximum atomic E-state index is 14.2. The number of hydrogen-bond donors (Lipinski definition) is 1. The maximum absolute atomic E-state index is 14.2. The van der Waals surface area contributed by atoms with Crippen molar-refractivity contribution >= 4 is 32.2 Å². The van der Waals surface area contributed by atoms with Crippen LogP contribution in [0.4, 0.5) is 13.9 Å². The van der Waals surface area contributed by atoms with Crippen molar-refractivity contribution in [3.05, 3.63) is 65.9 Å². The minimum atomic E-state index is -3.42. The summed E-state index contributed by atoms with van der Waals surface area (Å²) >= 11 is 1.05. The Labute approximate surface area is 193 Å². The molecule has 33 heavy (non-hydrogen) atoms. The van der Waals surface area contributed by atoms with E-state index in [0.717, 1.165) is 23.5 Å². The van der Waals surface area contributed by atoms with Crippen molar-refractivity contribution in [3.8, 4) is 10.8 Å². The third-order valence-electron chi connectivity index (χ3n) is 4.80. The smallest absolute Gasteiger partial charge is 0.271 e. The normalized spacial score (nSPS) is 14.5. The highest BCUT2D eigenvalue weighted by Gasteiger charge is 2.37. The van der Waals surface area contributed by atoms with E-state index >= 15 is 0 Å². The first-order valence-electron chi connectivity index (χ1n) is 10.1. The SMILES string of the molecule is CCOc1[c]nc(NC(=O)C(Oc2ccc(F)cc2F)c2ccc(S(=O)(=O)C3CC3)cc2)s1. The molecule has 1 atom stereocenters. The van der Waals surface area contributed by atoms with E-state index in [1.807, 2.05) is 0 Å². The predicted octanol–water partition coefficient (Wildman–Crippen LogP) is 4.32. The summed E-state index contributed by atoms with van der Waals surface area (Å²) in [5.74, 6) is -2.81. The number of halogens is 2. The number of carbonyl (C=O) groups is 1. The number of hydrogen-bond acceptors (Lipinski definition) is 7. The van der Waals surface area contributed by atoms with E-state index in [4.69, 9.17) is 9.47 Å². The van der Waals surface area contributed by atoms with Crippen LogP contribution in [-0.4, -0.2) is 31.2 Å². The number of nitrogens with one attached hydrogen (secondary N) is 1. The van der Waals surface area contributed by atoms with Crippen molar-refractivity contribution in [1.29, 1.82) is 0 Å². The molecule has 1 N–H and O–H groups in total. The molecule has 4 rings (SSSR count). The van der Waals surface area contributed by atoms with E-state index in [1.165, 1.54) is 24.3 Å². The molecule has 1 saturated carbocycles. The molecule has 2 aromatic carbocycles. The standard InChI is InChI=1S/C22H19F2N2O5S2/c1-2-30-19-12-25-22(32-19)26-21(27)20(31-18-10-5-14(23)11-17(18)24)13-3-6-15(7-4-13)33(28,29)16-8-9-16/h3-7,10-11,16,20H,2,8-9H2,1H3,(H,25,26,27). The molecule has 173 valence electrons. The molecule has 7 nitrogen and oxygen atoms in total. The zero-order valence-corrected chi connectivity index (χ0v) is 19.0. The lowest BCUT2D eigenvalue weighted by atomic mass is 10.1. The van der Waals surface area contributed by atoms with Gasteiger partial charge in [-0.2, -0.15) is 0 Å². The second kappa shape index (κ2) is 9.44. The van der Waals surface area contributed by atoms with Crippen LogP contribution in [0.5, 0.6) is 10.8 Å². The summed E-state index contributed by atoms with van der Waals surface area (Å²) in [6, 6.07) is 8.35. The van der Waals surface area contributed by atoms with E-state index in [-0.39, 0.29) is 26.6 Å². The molecule has 0 bridgehead atoms. The third-order valence-corrected chi connectivity index (χ3v) is 7.85. The van der Waals surface area contributed by atoms with E-state index in [9.17, 15) is 22.0 Å². The summed E-state index contributed by atoms with van der Waals surface area (Å²) in [5, 5.41) is 2.74. The number of amides is 1. The Hall–Kier alpha value is -3.05. The fourth-order valence-electron chi connectivity index (χ4n) is 3.02. The Bertz CT molecular complexity index is 1260. The molecular weight excluding hydrogens is 474 g/mol. The molecule has 1 aromatic heterocycles. The first-order valence-corrected chi connectivity index (χ1v) is 12.4. The molecule has 11 heteroatoms. The van der Waals surface area contributed by atoms with Crippen molar-refractivity contribution in [2.75, 3.05) is 11.9 Å². The number of anilines is 1. The molecule has 1 aliphatic rings. The maximum Gasteiger partial charge on any atom is 0.271 e. The highest BCUT2D eigenvalue weighted by molar-refractivity contribution is 7.92.